The molecule has 0 fully saturated rings. The molecule has 0 aliphatic heterocycles. The van der Waals surface area contributed by atoms with E-state index in [0.29, 0.717) is 0 Å². The third kappa shape index (κ3) is 3.80. The van der Waals surface area contributed by atoms with Gasteiger partial charge in [-0.25, -0.2) is 9.97 Å². The Bertz CT molecular complexity index is 517. The third-order valence-electron chi connectivity index (χ3n) is 2.34. The van der Waals surface area contributed by atoms with Crippen molar-refractivity contribution in [1.82, 2.24) is 9.97 Å². The Morgan fingerprint density at radius 1 is 1.39 bits per heavy atom. The highest BCUT2D eigenvalue weighted by atomic mass is 79.9. The molecular weight excluding hydrogens is 310 g/mol. The first-order chi connectivity index (χ1) is 8.65. The summed E-state index contributed by atoms with van der Waals surface area (Å²) in [7, 11) is 0. The molecule has 18 heavy (non-hydrogen) atoms. The molecule has 2 rings (SSSR count). The molecule has 0 aliphatic carbocycles. The maximum atomic E-state index is 5.81. The molecule has 0 spiro atoms. The molecule has 0 amide bonds. The number of aromatic nitrogens is 2. The number of nitrogens with two attached hydrogens (primary N) is 1. The summed E-state index contributed by atoms with van der Waals surface area (Å²) in [4.78, 5) is 9.24. The number of nitrogens with zero attached hydrogens (tertiary/aromatic N) is 2. The van der Waals surface area contributed by atoms with Crippen LogP contribution in [0.5, 0.6) is 0 Å². The Hall–Kier alpha value is -0.910. The van der Waals surface area contributed by atoms with E-state index in [1.54, 1.807) is 24.3 Å². The van der Waals surface area contributed by atoms with E-state index in [0.717, 1.165) is 20.8 Å². The van der Waals surface area contributed by atoms with E-state index >= 15 is 0 Å². The monoisotopic (exact) mass is 323 g/mol. The highest BCUT2D eigenvalue weighted by molar-refractivity contribution is 9.10. The van der Waals surface area contributed by atoms with Gasteiger partial charge in [0.15, 0.2) is 0 Å². The molecule has 0 aliphatic rings. The molecule has 0 bridgehead atoms. The van der Waals surface area contributed by atoms with Gasteiger partial charge in [0.25, 0.3) is 0 Å². The van der Waals surface area contributed by atoms with Crippen molar-refractivity contribution in [2.45, 2.75) is 29.3 Å². The van der Waals surface area contributed by atoms with Gasteiger partial charge in [-0.3, -0.25) is 0 Å². The molecular formula is C13H14BrN3S. The van der Waals surface area contributed by atoms with Crippen LogP contribution in [-0.2, 0) is 6.42 Å². The lowest BCUT2D eigenvalue weighted by Gasteiger charge is -2.09. The Morgan fingerprint density at radius 2 is 2.22 bits per heavy atom. The van der Waals surface area contributed by atoms with Crippen molar-refractivity contribution in [1.29, 1.82) is 0 Å². The molecule has 1 atom stereocenters. The van der Waals surface area contributed by atoms with Crippen LogP contribution in [-0.4, -0.2) is 16.0 Å². The smallest absolute Gasteiger partial charge is 0.116 e. The standard InChI is InChI=1S/C13H14BrN3S/c1-9(15)6-10-2-3-11(7-12(10)14)18-13-4-5-16-8-17-13/h2-5,7-9H,6,15H2,1H3. The zero-order chi connectivity index (χ0) is 13.0. The molecule has 1 aromatic heterocycles. The van der Waals surface area contributed by atoms with E-state index < -0.39 is 0 Å². The third-order valence-corrected chi connectivity index (χ3v) is 4.02. The summed E-state index contributed by atoms with van der Waals surface area (Å²) in [6, 6.07) is 8.37. The molecule has 1 unspecified atom stereocenters. The summed E-state index contributed by atoms with van der Waals surface area (Å²) < 4.78 is 1.10. The first-order valence-corrected chi connectivity index (χ1v) is 7.24. The van der Waals surface area contributed by atoms with Crippen molar-refractivity contribution in [3.05, 3.63) is 46.8 Å². The van der Waals surface area contributed by atoms with Crippen LogP contribution in [0.1, 0.15) is 12.5 Å². The second-order valence-corrected chi connectivity index (χ2v) is 6.03. The van der Waals surface area contributed by atoms with Gasteiger partial charge in [0.2, 0.25) is 0 Å². The van der Waals surface area contributed by atoms with Crippen LogP contribution in [0.4, 0.5) is 0 Å². The second kappa shape index (κ2) is 6.31. The van der Waals surface area contributed by atoms with Crippen LogP contribution >= 0.6 is 27.7 Å². The zero-order valence-corrected chi connectivity index (χ0v) is 12.4. The summed E-state index contributed by atoms with van der Waals surface area (Å²) in [6.07, 6.45) is 4.18. The minimum Gasteiger partial charge on any atom is -0.328 e. The average Bonchev–Trinajstić information content (AvgIpc) is 2.33. The average molecular weight is 324 g/mol. The van der Waals surface area contributed by atoms with Crippen molar-refractivity contribution in [3.63, 3.8) is 0 Å². The fourth-order valence-corrected chi connectivity index (χ4v) is 3.04. The second-order valence-electron chi connectivity index (χ2n) is 4.08. The van der Waals surface area contributed by atoms with Crippen molar-refractivity contribution in [2.75, 3.05) is 0 Å². The van der Waals surface area contributed by atoms with Gasteiger partial charge in [0.1, 0.15) is 11.4 Å². The van der Waals surface area contributed by atoms with Crippen LogP contribution < -0.4 is 5.73 Å². The van der Waals surface area contributed by atoms with Crippen molar-refractivity contribution in [3.8, 4) is 0 Å². The van der Waals surface area contributed by atoms with Crippen LogP contribution in [0.15, 0.2) is 51.2 Å². The van der Waals surface area contributed by atoms with E-state index in [1.807, 2.05) is 13.0 Å². The Kier molecular flexibility index (Phi) is 4.74. The maximum Gasteiger partial charge on any atom is 0.116 e. The van der Waals surface area contributed by atoms with Crippen molar-refractivity contribution < 1.29 is 0 Å². The molecule has 0 saturated carbocycles. The molecule has 1 heterocycles. The molecule has 3 nitrogen and oxygen atoms in total. The number of hydrogen-bond donors (Lipinski definition) is 1. The normalized spacial score (nSPS) is 12.4. The van der Waals surface area contributed by atoms with Gasteiger partial charge in [0, 0.05) is 21.6 Å². The number of halogens is 1. The highest BCUT2D eigenvalue weighted by Gasteiger charge is 2.05. The topological polar surface area (TPSA) is 51.8 Å². The van der Waals surface area contributed by atoms with Gasteiger partial charge in [0.05, 0.1) is 0 Å². The summed E-state index contributed by atoms with van der Waals surface area (Å²) in [5.74, 6) is 0. The molecule has 5 heteroatoms. The fourth-order valence-electron chi connectivity index (χ4n) is 1.56. The zero-order valence-electron chi connectivity index (χ0n) is 10.0. The first kappa shape index (κ1) is 13.5. The van der Waals surface area contributed by atoms with Crippen LogP contribution in [0, 0.1) is 0 Å². The molecule has 94 valence electrons. The minimum atomic E-state index is 0.168. The van der Waals surface area contributed by atoms with E-state index in [-0.39, 0.29) is 6.04 Å². The van der Waals surface area contributed by atoms with Gasteiger partial charge in [-0.05, 0) is 37.1 Å². The van der Waals surface area contributed by atoms with Gasteiger partial charge in [-0.1, -0.05) is 33.8 Å². The van der Waals surface area contributed by atoms with Gasteiger partial charge in [-0.15, -0.1) is 0 Å². The SMILES string of the molecule is CC(N)Cc1ccc(Sc2ccncn2)cc1Br. The summed E-state index contributed by atoms with van der Waals surface area (Å²) in [5, 5.41) is 0.942. The van der Waals surface area contributed by atoms with E-state index in [9.17, 15) is 0 Å². The Balaban J connectivity index is 2.14. The predicted molar refractivity (Wildman–Crippen MR) is 77.7 cm³/mol. The van der Waals surface area contributed by atoms with E-state index in [2.05, 4.69) is 44.1 Å². The van der Waals surface area contributed by atoms with Crippen LogP contribution in [0.3, 0.4) is 0 Å². The molecule has 1 aromatic carbocycles. The number of benzene rings is 1. The van der Waals surface area contributed by atoms with Gasteiger partial charge >= 0.3 is 0 Å². The minimum absolute atomic E-state index is 0.168. The first-order valence-electron chi connectivity index (χ1n) is 5.63. The summed E-state index contributed by atoms with van der Waals surface area (Å²) in [6.45, 7) is 2.01. The molecule has 0 saturated heterocycles. The largest absolute Gasteiger partial charge is 0.328 e. The van der Waals surface area contributed by atoms with Crippen LogP contribution in [0.2, 0.25) is 0 Å². The number of rotatable bonds is 4. The van der Waals surface area contributed by atoms with E-state index in [4.69, 9.17) is 5.73 Å². The summed E-state index contributed by atoms with van der Waals surface area (Å²) in [5.41, 5.74) is 7.05. The number of hydrogen-bond acceptors (Lipinski definition) is 4. The predicted octanol–water partition coefficient (Wildman–Crippen LogP) is 3.28. The van der Waals surface area contributed by atoms with Crippen molar-refractivity contribution >= 4 is 27.7 Å². The molecule has 0 radical (unpaired) electrons. The molecule has 2 N–H and O–H groups in total. The maximum absolute atomic E-state index is 5.81. The Labute approximate surface area is 119 Å². The molecule has 2 aromatic rings. The highest BCUT2D eigenvalue weighted by Crippen LogP contribution is 2.29. The van der Waals surface area contributed by atoms with Crippen LogP contribution in [0.25, 0.3) is 0 Å². The van der Waals surface area contributed by atoms with Gasteiger partial charge < -0.3 is 5.73 Å². The fraction of sp³-hybridized carbons (Fsp3) is 0.231. The van der Waals surface area contributed by atoms with Crippen molar-refractivity contribution in [2.24, 2.45) is 5.73 Å². The lowest BCUT2D eigenvalue weighted by molar-refractivity contribution is 0.735. The van der Waals surface area contributed by atoms with Gasteiger partial charge in [-0.2, -0.15) is 0 Å². The lowest BCUT2D eigenvalue weighted by Crippen LogP contribution is -2.17. The van der Waals surface area contributed by atoms with E-state index in [1.165, 1.54) is 5.56 Å². The Morgan fingerprint density at radius 3 is 2.83 bits per heavy atom. The summed E-state index contributed by atoms with van der Waals surface area (Å²) >= 11 is 5.20. The lowest BCUT2D eigenvalue weighted by atomic mass is 10.1. The quantitative estimate of drug-likeness (QED) is 0.877.